The highest BCUT2D eigenvalue weighted by Gasteiger charge is 2.22. The Labute approximate surface area is 119 Å². The lowest BCUT2D eigenvalue weighted by atomic mass is 10.0. The number of rotatable bonds is 4. The second-order valence-electron chi connectivity index (χ2n) is 5.38. The van der Waals surface area contributed by atoms with Gasteiger partial charge in [0.15, 0.2) is 0 Å². The van der Waals surface area contributed by atoms with E-state index in [1.54, 1.807) is 0 Å². The van der Waals surface area contributed by atoms with Gasteiger partial charge < -0.3 is 10.6 Å². The van der Waals surface area contributed by atoms with Crippen LogP contribution in [0.5, 0.6) is 0 Å². The van der Waals surface area contributed by atoms with E-state index >= 15 is 0 Å². The average molecular weight is 311 g/mol. The van der Waals surface area contributed by atoms with E-state index in [1.807, 2.05) is 6.92 Å². The molecule has 1 aromatic rings. The molecule has 1 aromatic carbocycles. The van der Waals surface area contributed by atoms with Crippen LogP contribution < -0.4 is 10.6 Å². The SMILES string of the molecule is CCCC1CCN(c2ccc(C(C)N)c(Br)c2)C1. The van der Waals surface area contributed by atoms with Gasteiger partial charge in [-0.05, 0) is 43.4 Å². The van der Waals surface area contributed by atoms with Crippen molar-refractivity contribution in [3.63, 3.8) is 0 Å². The van der Waals surface area contributed by atoms with Crippen LogP contribution in [0.2, 0.25) is 0 Å². The van der Waals surface area contributed by atoms with Crippen LogP contribution in [0.15, 0.2) is 22.7 Å². The summed E-state index contributed by atoms with van der Waals surface area (Å²) in [6.07, 6.45) is 3.99. The van der Waals surface area contributed by atoms with Crippen molar-refractivity contribution in [1.29, 1.82) is 0 Å². The van der Waals surface area contributed by atoms with Gasteiger partial charge in [-0.3, -0.25) is 0 Å². The second kappa shape index (κ2) is 6.07. The molecule has 0 amide bonds. The van der Waals surface area contributed by atoms with Crippen LogP contribution in [0.3, 0.4) is 0 Å². The van der Waals surface area contributed by atoms with Crippen molar-refractivity contribution in [1.82, 2.24) is 0 Å². The first-order valence-electron chi connectivity index (χ1n) is 6.91. The first-order chi connectivity index (χ1) is 8.61. The minimum absolute atomic E-state index is 0.0832. The van der Waals surface area contributed by atoms with Gasteiger partial charge in [-0.1, -0.05) is 35.3 Å². The Hall–Kier alpha value is -0.540. The third-order valence-electron chi connectivity index (χ3n) is 3.82. The molecule has 2 unspecified atom stereocenters. The van der Waals surface area contributed by atoms with Crippen LogP contribution in [-0.2, 0) is 0 Å². The van der Waals surface area contributed by atoms with E-state index in [2.05, 4.69) is 46.0 Å². The maximum absolute atomic E-state index is 5.94. The van der Waals surface area contributed by atoms with Crippen LogP contribution in [0.1, 0.15) is 44.7 Å². The van der Waals surface area contributed by atoms with E-state index in [0.29, 0.717) is 0 Å². The zero-order valence-electron chi connectivity index (χ0n) is 11.3. The van der Waals surface area contributed by atoms with E-state index in [9.17, 15) is 0 Å². The third kappa shape index (κ3) is 3.07. The topological polar surface area (TPSA) is 29.3 Å². The standard InChI is InChI=1S/C15H23BrN2/c1-3-4-12-7-8-18(10-12)13-5-6-14(11(2)17)15(16)9-13/h5-6,9,11-12H,3-4,7-8,10,17H2,1-2H3. The summed E-state index contributed by atoms with van der Waals surface area (Å²) < 4.78 is 1.13. The summed E-state index contributed by atoms with van der Waals surface area (Å²) in [5, 5.41) is 0. The van der Waals surface area contributed by atoms with Crippen LogP contribution in [0.4, 0.5) is 5.69 Å². The lowest BCUT2D eigenvalue weighted by Crippen LogP contribution is -2.19. The fourth-order valence-electron chi connectivity index (χ4n) is 2.79. The van der Waals surface area contributed by atoms with E-state index in [-0.39, 0.29) is 6.04 Å². The monoisotopic (exact) mass is 310 g/mol. The van der Waals surface area contributed by atoms with Crippen LogP contribution >= 0.6 is 15.9 Å². The molecule has 0 bridgehead atoms. The zero-order chi connectivity index (χ0) is 13.1. The number of benzene rings is 1. The Morgan fingerprint density at radius 3 is 2.89 bits per heavy atom. The fourth-order valence-corrected chi connectivity index (χ4v) is 3.52. The van der Waals surface area contributed by atoms with Gasteiger partial charge in [0.25, 0.3) is 0 Å². The van der Waals surface area contributed by atoms with Gasteiger partial charge in [0, 0.05) is 29.3 Å². The predicted octanol–water partition coefficient (Wildman–Crippen LogP) is 4.10. The molecule has 2 rings (SSSR count). The van der Waals surface area contributed by atoms with Crippen molar-refractivity contribution in [3.8, 4) is 0 Å². The number of hydrogen-bond donors (Lipinski definition) is 1. The van der Waals surface area contributed by atoms with Crippen molar-refractivity contribution in [2.24, 2.45) is 11.7 Å². The Morgan fingerprint density at radius 1 is 1.50 bits per heavy atom. The van der Waals surface area contributed by atoms with Gasteiger partial charge in [0.2, 0.25) is 0 Å². The Balaban J connectivity index is 2.09. The molecule has 18 heavy (non-hydrogen) atoms. The van der Waals surface area contributed by atoms with Crippen molar-refractivity contribution in [2.45, 2.75) is 39.2 Å². The predicted molar refractivity (Wildman–Crippen MR) is 82.0 cm³/mol. The third-order valence-corrected chi connectivity index (χ3v) is 4.51. The van der Waals surface area contributed by atoms with Crippen LogP contribution in [0, 0.1) is 5.92 Å². The normalized spacial score (nSPS) is 21.3. The summed E-state index contributed by atoms with van der Waals surface area (Å²) in [5.74, 6) is 0.877. The van der Waals surface area contributed by atoms with E-state index in [1.165, 1.54) is 43.6 Å². The van der Waals surface area contributed by atoms with Gasteiger partial charge in [-0.2, -0.15) is 0 Å². The minimum atomic E-state index is 0.0832. The largest absolute Gasteiger partial charge is 0.371 e. The van der Waals surface area contributed by atoms with E-state index in [0.717, 1.165) is 10.4 Å². The molecule has 2 nitrogen and oxygen atoms in total. The summed E-state index contributed by atoms with van der Waals surface area (Å²) in [7, 11) is 0. The number of anilines is 1. The fraction of sp³-hybridized carbons (Fsp3) is 0.600. The molecule has 1 aliphatic heterocycles. The average Bonchev–Trinajstić information content (AvgIpc) is 2.77. The molecular formula is C15H23BrN2. The first kappa shape index (κ1) is 13.9. The zero-order valence-corrected chi connectivity index (χ0v) is 12.9. The van der Waals surface area contributed by atoms with Crippen LogP contribution in [0.25, 0.3) is 0 Å². The summed E-state index contributed by atoms with van der Waals surface area (Å²) in [6.45, 7) is 6.69. The molecule has 1 saturated heterocycles. The molecule has 1 aliphatic rings. The van der Waals surface area contributed by atoms with Gasteiger partial charge in [-0.15, -0.1) is 0 Å². The molecule has 3 heteroatoms. The molecule has 1 fully saturated rings. The molecule has 0 saturated carbocycles. The highest BCUT2D eigenvalue weighted by Crippen LogP contribution is 2.31. The van der Waals surface area contributed by atoms with Gasteiger partial charge in [-0.25, -0.2) is 0 Å². The molecule has 0 radical (unpaired) electrons. The highest BCUT2D eigenvalue weighted by atomic mass is 79.9. The summed E-state index contributed by atoms with van der Waals surface area (Å²) in [6, 6.07) is 6.65. The first-order valence-corrected chi connectivity index (χ1v) is 7.71. The van der Waals surface area contributed by atoms with Gasteiger partial charge in [0.05, 0.1) is 0 Å². The van der Waals surface area contributed by atoms with E-state index < -0.39 is 0 Å². The van der Waals surface area contributed by atoms with Crippen molar-refractivity contribution in [2.75, 3.05) is 18.0 Å². The number of nitrogens with two attached hydrogens (primary N) is 1. The molecule has 1 heterocycles. The smallest absolute Gasteiger partial charge is 0.0377 e. The lowest BCUT2D eigenvalue weighted by molar-refractivity contribution is 0.530. The van der Waals surface area contributed by atoms with Crippen molar-refractivity contribution in [3.05, 3.63) is 28.2 Å². The Kier molecular flexibility index (Phi) is 4.68. The Morgan fingerprint density at radius 2 is 2.28 bits per heavy atom. The molecule has 100 valence electrons. The maximum atomic E-state index is 5.94. The van der Waals surface area contributed by atoms with Crippen molar-refractivity contribution >= 4 is 21.6 Å². The lowest BCUT2D eigenvalue weighted by Gasteiger charge is -2.20. The highest BCUT2D eigenvalue weighted by molar-refractivity contribution is 9.10. The maximum Gasteiger partial charge on any atom is 0.0377 e. The molecule has 0 aromatic heterocycles. The quantitative estimate of drug-likeness (QED) is 0.907. The molecule has 0 spiro atoms. The van der Waals surface area contributed by atoms with Gasteiger partial charge >= 0.3 is 0 Å². The number of halogens is 1. The Bertz CT molecular complexity index is 403. The second-order valence-corrected chi connectivity index (χ2v) is 6.24. The summed E-state index contributed by atoms with van der Waals surface area (Å²) >= 11 is 3.63. The molecule has 2 N–H and O–H groups in total. The molecular weight excluding hydrogens is 288 g/mol. The summed E-state index contributed by atoms with van der Waals surface area (Å²) in [4.78, 5) is 2.50. The number of hydrogen-bond acceptors (Lipinski definition) is 2. The van der Waals surface area contributed by atoms with Crippen LogP contribution in [-0.4, -0.2) is 13.1 Å². The van der Waals surface area contributed by atoms with E-state index in [4.69, 9.17) is 5.73 Å². The minimum Gasteiger partial charge on any atom is -0.371 e. The summed E-state index contributed by atoms with van der Waals surface area (Å²) in [5.41, 5.74) is 8.44. The molecule has 2 atom stereocenters. The number of nitrogens with zero attached hydrogens (tertiary/aromatic N) is 1. The molecule has 0 aliphatic carbocycles. The van der Waals surface area contributed by atoms with Crippen molar-refractivity contribution < 1.29 is 0 Å². The van der Waals surface area contributed by atoms with Gasteiger partial charge in [0.1, 0.15) is 0 Å².